The van der Waals surface area contributed by atoms with E-state index in [-0.39, 0.29) is 0 Å². The normalized spacial score (nSPS) is 50.0. The number of alkyl halides is 1. The summed E-state index contributed by atoms with van der Waals surface area (Å²) in [6.07, 6.45) is -24.3. The molecule has 3 aliphatic rings. The highest BCUT2D eigenvalue weighted by molar-refractivity contribution is 9.10. The molecule has 1 unspecified atom stereocenters. The number of ether oxygens (including phenoxy) is 6. The van der Waals surface area contributed by atoms with Gasteiger partial charge < -0.3 is 79.5 Å². The molecule has 0 radical (unpaired) electrons. The van der Waals surface area contributed by atoms with Crippen molar-refractivity contribution in [2.24, 2.45) is 0 Å². The second-order valence-corrected chi connectivity index (χ2v) is 10.3. The fourth-order valence-electron chi connectivity index (χ4n) is 4.38. The lowest BCUT2D eigenvalue weighted by Gasteiger charge is -2.50. The van der Waals surface area contributed by atoms with Crippen LogP contribution in [0.25, 0.3) is 0 Å². The Bertz CT molecular complexity index is 789. The van der Waals surface area contributed by atoms with Gasteiger partial charge in [-0.15, -0.1) is 0 Å². The van der Waals surface area contributed by atoms with Gasteiger partial charge in [0.15, 0.2) is 12.6 Å². The zero-order chi connectivity index (χ0) is 28.5. The Morgan fingerprint density at radius 3 is 1.82 bits per heavy atom. The van der Waals surface area contributed by atoms with E-state index >= 15 is 0 Å². The molecule has 0 bridgehead atoms. The van der Waals surface area contributed by atoms with E-state index in [9.17, 15) is 55.9 Å². The van der Waals surface area contributed by atoms with Crippen LogP contribution in [-0.2, 0) is 33.2 Å². The molecule has 10 N–H and O–H groups in total. The summed E-state index contributed by atoms with van der Waals surface area (Å²) in [6.45, 7) is -1.47. The number of esters is 1. The van der Waals surface area contributed by atoms with Crippen molar-refractivity contribution in [3.63, 3.8) is 0 Å². The molecule has 0 amide bonds. The highest BCUT2D eigenvalue weighted by Crippen LogP contribution is 2.41. The van der Waals surface area contributed by atoms with Gasteiger partial charge in [0, 0.05) is 6.92 Å². The molecule has 3 aliphatic heterocycles. The Labute approximate surface area is 223 Å². The van der Waals surface area contributed by atoms with E-state index in [4.69, 9.17) is 28.4 Å². The molecule has 0 aromatic carbocycles. The number of halogens is 1. The lowest BCUT2D eigenvalue weighted by molar-refractivity contribution is -0.380. The van der Waals surface area contributed by atoms with Crippen LogP contribution in [0.2, 0.25) is 0 Å². The predicted molar refractivity (Wildman–Crippen MR) is 119 cm³/mol. The minimum Gasteiger partial charge on any atom is -0.439 e. The number of rotatable bonds is 8. The van der Waals surface area contributed by atoms with Gasteiger partial charge in [0.25, 0.3) is 0 Å². The van der Waals surface area contributed by atoms with Crippen molar-refractivity contribution in [1.82, 2.24) is 0 Å². The van der Waals surface area contributed by atoms with Gasteiger partial charge in [0.2, 0.25) is 10.8 Å². The number of carbonyl (C=O) groups is 1. The molecule has 17 nitrogen and oxygen atoms in total. The number of aliphatic hydroxyl groups excluding tert-OH is 10. The first kappa shape index (κ1) is 31.9. The SMILES string of the molecule is CC(=O)O[C@@]1(Br)[C@@H](O[C@H]2[C@H](O)[C@@H](O)[C@@H](O[C@H]3[C@H](O)[C@@H](O)C(O)O[C@@H]3CO)O[C@@H]2CO)O[C@H](CO)[C@@H](O)[C@@H]1O. The maximum absolute atomic E-state index is 11.7. The van der Waals surface area contributed by atoms with Crippen LogP contribution in [0.1, 0.15) is 6.92 Å². The summed E-state index contributed by atoms with van der Waals surface area (Å²) < 4.78 is 29.8. The van der Waals surface area contributed by atoms with E-state index in [2.05, 4.69) is 15.9 Å². The van der Waals surface area contributed by atoms with Crippen molar-refractivity contribution in [3.05, 3.63) is 0 Å². The van der Waals surface area contributed by atoms with E-state index in [1.807, 2.05) is 0 Å². The molecule has 3 heterocycles. The third-order valence-electron chi connectivity index (χ3n) is 6.44. The number of aliphatic hydroxyl groups is 10. The van der Waals surface area contributed by atoms with Gasteiger partial charge in [0.05, 0.1) is 19.8 Å². The van der Waals surface area contributed by atoms with Gasteiger partial charge in [-0.2, -0.15) is 0 Å². The average molecular weight is 625 g/mol. The van der Waals surface area contributed by atoms with Crippen molar-refractivity contribution >= 4 is 21.9 Å². The maximum Gasteiger partial charge on any atom is 0.304 e. The van der Waals surface area contributed by atoms with E-state index < -0.39 is 116 Å². The van der Waals surface area contributed by atoms with Crippen LogP contribution < -0.4 is 0 Å². The first-order chi connectivity index (χ1) is 17.8. The predicted octanol–water partition coefficient (Wildman–Crippen LogP) is -6.28. The first-order valence-electron chi connectivity index (χ1n) is 11.5. The van der Waals surface area contributed by atoms with Crippen molar-refractivity contribution in [1.29, 1.82) is 0 Å². The van der Waals surface area contributed by atoms with Crippen molar-refractivity contribution in [2.45, 2.75) is 97.4 Å². The lowest BCUT2D eigenvalue weighted by atomic mass is 9.96. The minimum atomic E-state index is -2.27. The largest absolute Gasteiger partial charge is 0.439 e. The molecule has 0 aliphatic carbocycles. The molecule has 0 saturated carbocycles. The Morgan fingerprint density at radius 1 is 0.737 bits per heavy atom. The Hall–Kier alpha value is -0.650. The highest BCUT2D eigenvalue weighted by Gasteiger charge is 2.60. The number of hydrogen-bond acceptors (Lipinski definition) is 17. The van der Waals surface area contributed by atoms with Crippen molar-refractivity contribution in [2.75, 3.05) is 19.8 Å². The third-order valence-corrected chi connectivity index (χ3v) is 7.44. The third kappa shape index (κ3) is 6.15. The quantitative estimate of drug-likeness (QED) is 0.0887. The molecule has 38 heavy (non-hydrogen) atoms. The summed E-state index contributed by atoms with van der Waals surface area (Å²) in [7, 11) is 0. The fourth-order valence-corrected chi connectivity index (χ4v) is 5.09. The summed E-state index contributed by atoms with van der Waals surface area (Å²) >= 11 is 2.97. The number of hydrogen-bond donors (Lipinski definition) is 10. The van der Waals surface area contributed by atoms with Crippen LogP contribution in [0.15, 0.2) is 0 Å². The first-order valence-corrected chi connectivity index (χ1v) is 12.3. The van der Waals surface area contributed by atoms with Crippen molar-refractivity contribution in [3.8, 4) is 0 Å². The monoisotopic (exact) mass is 624 g/mol. The Balaban J connectivity index is 1.81. The summed E-state index contributed by atoms with van der Waals surface area (Å²) in [4.78, 5) is 11.7. The zero-order valence-electron chi connectivity index (χ0n) is 19.9. The van der Waals surface area contributed by atoms with Gasteiger partial charge in [-0.05, 0) is 15.9 Å². The molecule has 15 atom stereocenters. The standard InChI is InChI=1S/C20H33BrO17/c1-5(25)38-20(21)16(31)9(26)6(2-22)35-19(20)37-15-8(4-24)34-18(13(30)11(15)28)36-14-7(3-23)33-17(32)12(29)10(14)27/h6-19,22-24,26-32H,2-4H2,1H3/t6-,7-,8-,9-,10-,11-,12-,13-,14-,15-,16+,17?,18-,19-,20-/m1/s1. The second kappa shape index (κ2) is 12.9. The average Bonchev–Trinajstić information content (AvgIpc) is 2.87. The molecule has 3 fully saturated rings. The zero-order valence-corrected chi connectivity index (χ0v) is 21.5. The van der Waals surface area contributed by atoms with Gasteiger partial charge in [-0.25, -0.2) is 0 Å². The van der Waals surface area contributed by atoms with Crippen molar-refractivity contribution < 1.29 is 84.3 Å². The summed E-state index contributed by atoms with van der Waals surface area (Å²) in [5.41, 5.74) is 0. The van der Waals surface area contributed by atoms with Crippen LogP contribution in [0.5, 0.6) is 0 Å². The molecule has 0 spiro atoms. The molecular weight excluding hydrogens is 592 g/mol. The van der Waals surface area contributed by atoms with Crippen LogP contribution in [0.3, 0.4) is 0 Å². The second-order valence-electron chi connectivity index (χ2n) is 9.05. The van der Waals surface area contributed by atoms with Crippen LogP contribution in [-0.4, -0.2) is 167 Å². The maximum atomic E-state index is 11.7. The van der Waals surface area contributed by atoms with Gasteiger partial charge in [-0.1, -0.05) is 0 Å². The molecule has 3 rings (SSSR count). The Morgan fingerprint density at radius 2 is 1.26 bits per heavy atom. The minimum absolute atomic E-state index is 0.783. The van der Waals surface area contributed by atoms with Crippen LogP contribution >= 0.6 is 15.9 Å². The lowest BCUT2D eigenvalue weighted by Crippen LogP contribution is -2.69. The molecular formula is C20H33BrO17. The summed E-state index contributed by atoms with van der Waals surface area (Å²) in [5, 5.41) is 101. The fraction of sp³-hybridized carbons (Fsp3) is 0.950. The smallest absolute Gasteiger partial charge is 0.304 e. The summed E-state index contributed by atoms with van der Waals surface area (Å²) in [5.74, 6) is -0.945. The Kier molecular flexibility index (Phi) is 10.8. The van der Waals surface area contributed by atoms with E-state index in [0.717, 1.165) is 6.92 Å². The van der Waals surface area contributed by atoms with Gasteiger partial charge in [-0.3, -0.25) is 4.79 Å². The van der Waals surface area contributed by atoms with Gasteiger partial charge >= 0.3 is 5.97 Å². The van der Waals surface area contributed by atoms with Gasteiger partial charge in [0.1, 0.15) is 67.1 Å². The van der Waals surface area contributed by atoms with E-state index in [0.29, 0.717) is 0 Å². The highest BCUT2D eigenvalue weighted by atomic mass is 79.9. The van der Waals surface area contributed by atoms with Crippen LogP contribution in [0.4, 0.5) is 0 Å². The molecule has 222 valence electrons. The summed E-state index contributed by atoms with van der Waals surface area (Å²) in [6, 6.07) is 0. The molecule has 0 aromatic rings. The molecule has 18 heteroatoms. The number of carbonyl (C=O) groups excluding carboxylic acids is 1. The van der Waals surface area contributed by atoms with Crippen LogP contribution in [0, 0.1) is 0 Å². The molecule has 0 aromatic heterocycles. The van der Waals surface area contributed by atoms with E-state index in [1.165, 1.54) is 0 Å². The molecule has 3 saturated heterocycles. The topological polar surface area (TPSA) is 275 Å². The van der Waals surface area contributed by atoms with E-state index in [1.54, 1.807) is 0 Å².